The van der Waals surface area contributed by atoms with Crippen LogP contribution in [0.2, 0.25) is 0 Å². The van der Waals surface area contributed by atoms with Crippen molar-refractivity contribution in [1.29, 1.82) is 0 Å². The lowest BCUT2D eigenvalue weighted by Crippen LogP contribution is -2.29. The average molecular weight is 256 g/mol. The summed E-state index contributed by atoms with van der Waals surface area (Å²) in [6.07, 6.45) is 2.17. The summed E-state index contributed by atoms with van der Waals surface area (Å²) in [4.78, 5) is 22.7. The Hall–Kier alpha value is -1.36. The van der Waals surface area contributed by atoms with Gasteiger partial charge in [0.1, 0.15) is 5.60 Å². The van der Waals surface area contributed by atoms with Crippen molar-refractivity contribution < 1.29 is 24.5 Å². The maximum Gasteiger partial charge on any atom is 0.335 e. The second kappa shape index (κ2) is 5.52. The van der Waals surface area contributed by atoms with Crippen molar-refractivity contribution in [3.05, 3.63) is 11.6 Å². The molecule has 2 atom stereocenters. The summed E-state index contributed by atoms with van der Waals surface area (Å²) in [5, 5.41) is 18.6. The highest BCUT2D eigenvalue weighted by molar-refractivity contribution is 5.96. The monoisotopic (exact) mass is 256 g/mol. The van der Waals surface area contributed by atoms with E-state index in [-0.39, 0.29) is 5.57 Å². The minimum absolute atomic E-state index is 0.0578. The van der Waals surface area contributed by atoms with Crippen LogP contribution < -0.4 is 0 Å². The molecule has 18 heavy (non-hydrogen) atoms. The molecule has 2 N–H and O–H groups in total. The van der Waals surface area contributed by atoms with Gasteiger partial charge in [0.2, 0.25) is 0 Å². The topological polar surface area (TPSA) is 83.8 Å². The smallest absolute Gasteiger partial charge is 0.335 e. The predicted octanol–water partition coefficient (Wildman–Crippen LogP) is 1.50. The lowest BCUT2D eigenvalue weighted by Gasteiger charge is -2.23. The van der Waals surface area contributed by atoms with Crippen molar-refractivity contribution in [1.82, 2.24) is 0 Å². The lowest BCUT2D eigenvalue weighted by atomic mass is 9.95. The van der Waals surface area contributed by atoms with Gasteiger partial charge < -0.3 is 14.9 Å². The van der Waals surface area contributed by atoms with E-state index < -0.39 is 29.6 Å². The zero-order valence-electron chi connectivity index (χ0n) is 11.0. The van der Waals surface area contributed by atoms with Crippen LogP contribution >= 0.6 is 0 Å². The van der Waals surface area contributed by atoms with E-state index in [0.29, 0.717) is 12.8 Å². The molecule has 0 aromatic rings. The van der Waals surface area contributed by atoms with Crippen molar-refractivity contribution in [3.8, 4) is 0 Å². The number of carbonyl (C=O) groups is 2. The Kier molecular flexibility index (Phi) is 4.51. The van der Waals surface area contributed by atoms with Crippen molar-refractivity contribution >= 4 is 11.9 Å². The van der Waals surface area contributed by atoms with Crippen molar-refractivity contribution in [2.24, 2.45) is 5.92 Å². The Balaban J connectivity index is 2.92. The van der Waals surface area contributed by atoms with E-state index in [4.69, 9.17) is 9.84 Å². The quantitative estimate of drug-likeness (QED) is 0.590. The van der Waals surface area contributed by atoms with Crippen molar-refractivity contribution in [2.75, 3.05) is 0 Å². The Morgan fingerprint density at radius 2 is 1.89 bits per heavy atom. The standard InChI is InChI=1S/C13H20O5/c1-13(2,3)18-12(17)9(7-11(15)16)8-5-4-6-10(8)14/h7-8,10,14H,4-6H2,1-3H3,(H,15,16)/b9-7+/t8-,10-/m0/s1. The molecule has 102 valence electrons. The van der Waals surface area contributed by atoms with Crippen LogP contribution in [0.1, 0.15) is 40.0 Å². The third-order valence-electron chi connectivity index (χ3n) is 2.79. The molecule has 1 aliphatic carbocycles. The van der Waals surface area contributed by atoms with Gasteiger partial charge in [0, 0.05) is 12.0 Å². The number of carbonyl (C=O) groups excluding carboxylic acids is 1. The number of aliphatic carboxylic acids is 1. The highest BCUT2D eigenvalue weighted by Gasteiger charge is 2.34. The predicted molar refractivity (Wildman–Crippen MR) is 64.9 cm³/mol. The number of aliphatic hydroxyl groups excluding tert-OH is 1. The fourth-order valence-electron chi connectivity index (χ4n) is 2.09. The molecule has 0 aromatic heterocycles. The zero-order valence-corrected chi connectivity index (χ0v) is 11.0. The first kappa shape index (κ1) is 14.7. The molecule has 0 heterocycles. The molecule has 1 fully saturated rings. The molecule has 0 radical (unpaired) electrons. The highest BCUT2D eigenvalue weighted by Crippen LogP contribution is 2.32. The summed E-state index contributed by atoms with van der Waals surface area (Å²) in [5.41, 5.74) is -0.625. The average Bonchev–Trinajstić information content (AvgIpc) is 2.57. The maximum atomic E-state index is 12.0. The molecule has 0 aliphatic heterocycles. The van der Waals surface area contributed by atoms with Gasteiger partial charge in [-0.15, -0.1) is 0 Å². The Labute approximate surface area is 106 Å². The Morgan fingerprint density at radius 1 is 1.28 bits per heavy atom. The van der Waals surface area contributed by atoms with E-state index in [2.05, 4.69) is 0 Å². The lowest BCUT2D eigenvalue weighted by molar-refractivity contribution is -0.151. The van der Waals surface area contributed by atoms with Gasteiger partial charge in [0.25, 0.3) is 0 Å². The molecule has 1 rings (SSSR count). The molecule has 0 bridgehead atoms. The number of ether oxygens (including phenoxy) is 1. The van der Waals surface area contributed by atoms with Crippen LogP contribution in [0, 0.1) is 5.92 Å². The van der Waals surface area contributed by atoms with Crippen molar-refractivity contribution in [2.45, 2.75) is 51.7 Å². The second-order valence-corrected chi connectivity index (χ2v) is 5.54. The Morgan fingerprint density at radius 3 is 2.28 bits per heavy atom. The molecule has 1 saturated carbocycles. The summed E-state index contributed by atoms with van der Waals surface area (Å²) < 4.78 is 5.18. The first-order chi connectivity index (χ1) is 8.20. The molecule has 5 heteroatoms. The summed E-state index contributed by atoms with van der Waals surface area (Å²) in [6.45, 7) is 5.15. The number of esters is 1. The maximum absolute atomic E-state index is 12.0. The van der Waals surface area contributed by atoms with Gasteiger partial charge >= 0.3 is 11.9 Å². The van der Waals surface area contributed by atoms with E-state index in [9.17, 15) is 14.7 Å². The van der Waals surface area contributed by atoms with E-state index in [1.54, 1.807) is 20.8 Å². The van der Waals surface area contributed by atoms with E-state index in [1.165, 1.54) is 0 Å². The van der Waals surface area contributed by atoms with Crippen LogP contribution in [-0.2, 0) is 14.3 Å². The third-order valence-corrected chi connectivity index (χ3v) is 2.79. The van der Waals surface area contributed by atoms with Crippen LogP contribution in [0.15, 0.2) is 11.6 Å². The molecule has 0 aromatic carbocycles. The first-order valence-corrected chi connectivity index (χ1v) is 6.06. The summed E-state index contributed by atoms with van der Waals surface area (Å²) in [7, 11) is 0. The van der Waals surface area contributed by atoms with Crippen LogP contribution in [0.3, 0.4) is 0 Å². The van der Waals surface area contributed by atoms with Crippen LogP contribution in [0.4, 0.5) is 0 Å². The molecular weight excluding hydrogens is 236 g/mol. The van der Waals surface area contributed by atoms with Crippen LogP contribution in [0.5, 0.6) is 0 Å². The van der Waals surface area contributed by atoms with Crippen molar-refractivity contribution in [3.63, 3.8) is 0 Å². The summed E-state index contributed by atoms with van der Waals surface area (Å²) in [5.74, 6) is -2.29. The van der Waals surface area contributed by atoms with Gasteiger partial charge in [-0.2, -0.15) is 0 Å². The number of hydrogen-bond acceptors (Lipinski definition) is 4. The van der Waals surface area contributed by atoms with Gasteiger partial charge in [0.05, 0.1) is 11.7 Å². The number of carboxylic acid groups (broad SMARTS) is 1. The van der Waals surface area contributed by atoms with Gasteiger partial charge in [0.15, 0.2) is 0 Å². The number of aliphatic hydroxyl groups is 1. The van der Waals surface area contributed by atoms with Crippen LogP contribution in [-0.4, -0.2) is 33.9 Å². The molecular formula is C13H20O5. The minimum Gasteiger partial charge on any atom is -0.478 e. The van der Waals surface area contributed by atoms with Gasteiger partial charge in [-0.25, -0.2) is 9.59 Å². The van der Waals surface area contributed by atoms with E-state index >= 15 is 0 Å². The molecule has 1 aliphatic rings. The van der Waals surface area contributed by atoms with E-state index in [1.807, 2.05) is 0 Å². The third kappa shape index (κ3) is 4.14. The molecule has 0 spiro atoms. The number of carboxylic acids is 1. The molecule has 0 saturated heterocycles. The van der Waals surface area contributed by atoms with Crippen LogP contribution in [0.25, 0.3) is 0 Å². The molecule has 5 nitrogen and oxygen atoms in total. The van der Waals surface area contributed by atoms with Gasteiger partial charge in [-0.1, -0.05) is 6.42 Å². The first-order valence-electron chi connectivity index (χ1n) is 6.06. The second-order valence-electron chi connectivity index (χ2n) is 5.54. The summed E-state index contributed by atoms with van der Waals surface area (Å²) >= 11 is 0. The molecule has 0 amide bonds. The normalized spacial score (nSPS) is 25.0. The van der Waals surface area contributed by atoms with Gasteiger partial charge in [-0.3, -0.25) is 0 Å². The summed E-state index contributed by atoms with van der Waals surface area (Å²) in [6, 6.07) is 0. The minimum atomic E-state index is -1.20. The van der Waals surface area contributed by atoms with E-state index in [0.717, 1.165) is 12.5 Å². The number of hydrogen-bond donors (Lipinski definition) is 2. The fourth-order valence-corrected chi connectivity index (χ4v) is 2.09. The Bertz CT molecular complexity index is 364. The highest BCUT2D eigenvalue weighted by atomic mass is 16.6. The van der Waals surface area contributed by atoms with Gasteiger partial charge in [-0.05, 0) is 33.6 Å². The zero-order chi connectivity index (χ0) is 13.9. The molecule has 0 unspecified atom stereocenters. The number of rotatable bonds is 3. The largest absolute Gasteiger partial charge is 0.478 e. The SMILES string of the molecule is CC(C)(C)OC(=O)/C(=C/C(=O)O)[C@@H]1CCC[C@@H]1O. The fraction of sp³-hybridized carbons (Fsp3) is 0.692.